The zero-order valence-corrected chi connectivity index (χ0v) is 5.54. The first kappa shape index (κ1) is 13.2. The van der Waals surface area contributed by atoms with E-state index < -0.39 is 11.9 Å². The number of unbranched alkanes of at least 4 members (excludes halogenated alkanes) is 1. The van der Waals surface area contributed by atoms with Gasteiger partial charge in [0.25, 0.3) is 0 Å². The quantitative estimate of drug-likeness (QED) is 0.434. The van der Waals surface area contributed by atoms with Gasteiger partial charge in [0.15, 0.2) is 0 Å². The third-order valence-corrected chi connectivity index (χ3v) is 1.03. The Bertz CT molecular complexity index is 119. The van der Waals surface area contributed by atoms with Gasteiger partial charge in [0, 0.05) is 12.8 Å². The van der Waals surface area contributed by atoms with E-state index in [4.69, 9.17) is 10.2 Å². The summed E-state index contributed by atoms with van der Waals surface area (Å²) in [5, 5.41) is 16.3. The van der Waals surface area contributed by atoms with Crippen LogP contribution in [-0.4, -0.2) is 41.0 Å². The molecule has 0 saturated heterocycles. The summed E-state index contributed by atoms with van der Waals surface area (Å²) < 4.78 is 0. The molecular formula is C6H11LiO4. The zero-order valence-electron chi connectivity index (χ0n) is 5.54. The Morgan fingerprint density at radius 2 is 1.18 bits per heavy atom. The van der Waals surface area contributed by atoms with E-state index in [1.807, 2.05) is 0 Å². The minimum atomic E-state index is -0.870. The fraction of sp³-hybridized carbons (Fsp3) is 0.667. The number of hydrogen-bond acceptors (Lipinski definition) is 2. The van der Waals surface area contributed by atoms with Crippen LogP contribution in [0.5, 0.6) is 0 Å². The van der Waals surface area contributed by atoms with Crippen molar-refractivity contribution in [3.63, 3.8) is 0 Å². The van der Waals surface area contributed by atoms with Gasteiger partial charge < -0.3 is 10.2 Å². The van der Waals surface area contributed by atoms with Crippen LogP contribution in [-0.2, 0) is 9.59 Å². The summed E-state index contributed by atoms with van der Waals surface area (Å²) >= 11 is 0. The molecule has 11 heavy (non-hydrogen) atoms. The van der Waals surface area contributed by atoms with Gasteiger partial charge in [-0.2, -0.15) is 0 Å². The monoisotopic (exact) mass is 154 g/mol. The summed E-state index contributed by atoms with van der Waals surface area (Å²) in [6.45, 7) is 0. The van der Waals surface area contributed by atoms with Gasteiger partial charge in [0.05, 0.1) is 0 Å². The fourth-order valence-corrected chi connectivity index (χ4v) is 0.552. The number of carboxylic acids is 2. The summed E-state index contributed by atoms with van der Waals surface area (Å²) in [6, 6.07) is 0. The molecule has 0 fully saturated rings. The average molecular weight is 154 g/mol. The van der Waals surface area contributed by atoms with Crippen LogP contribution in [0, 0.1) is 0 Å². The number of aliphatic carboxylic acids is 2. The predicted molar refractivity (Wildman–Crippen MR) is 40.9 cm³/mol. The van der Waals surface area contributed by atoms with Crippen LogP contribution < -0.4 is 0 Å². The number of rotatable bonds is 5. The molecule has 0 aliphatic heterocycles. The molecule has 0 radical (unpaired) electrons. The van der Waals surface area contributed by atoms with Crippen LogP contribution in [0.3, 0.4) is 0 Å². The molecule has 0 aromatic rings. The topological polar surface area (TPSA) is 74.6 Å². The molecule has 2 N–H and O–H groups in total. The Hall–Kier alpha value is -0.463. The molecule has 0 unspecified atom stereocenters. The van der Waals surface area contributed by atoms with Gasteiger partial charge in [-0.3, -0.25) is 9.59 Å². The Kier molecular flexibility index (Phi) is 9.14. The van der Waals surface area contributed by atoms with Gasteiger partial charge in [-0.25, -0.2) is 0 Å². The van der Waals surface area contributed by atoms with E-state index in [0.29, 0.717) is 12.8 Å². The number of hydrogen-bond donors (Lipinski definition) is 2. The van der Waals surface area contributed by atoms with Crippen LogP contribution in [0.4, 0.5) is 0 Å². The van der Waals surface area contributed by atoms with Crippen molar-refractivity contribution in [2.45, 2.75) is 25.7 Å². The van der Waals surface area contributed by atoms with Crippen LogP contribution in [0.15, 0.2) is 0 Å². The maximum absolute atomic E-state index is 9.90. The van der Waals surface area contributed by atoms with Gasteiger partial charge >= 0.3 is 30.8 Å². The van der Waals surface area contributed by atoms with Gasteiger partial charge in [-0.05, 0) is 12.8 Å². The molecule has 0 saturated carbocycles. The molecule has 0 atom stereocenters. The minimum absolute atomic E-state index is 0. The second kappa shape index (κ2) is 7.64. The van der Waals surface area contributed by atoms with Crippen molar-refractivity contribution in [2.75, 3.05) is 0 Å². The Morgan fingerprint density at radius 3 is 1.36 bits per heavy atom. The molecule has 0 amide bonds. The third kappa shape index (κ3) is 12.7. The second-order valence-electron chi connectivity index (χ2n) is 1.99. The number of carbonyl (C=O) groups is 2. The van der Waals surface area contributed by atoms with Crippen molar-refractivity contribution in [3.05, 3.63) is 0 Å². The molecule has 0 aliphatic rings. The SMILES string of the molecule is O=C(O)CCCCC(=O)O.[LiH]. The van der Waals surface area contributed by atoms with E-state index in [2.05, 4.69) is 0 Å². The number of carboxylic acid groups (broad SMARTS) is 2. The Labute approximate surface area is 76.8 Å². The first-order valence-corrected chi connectivity index (χ1v) is 3.06. The van der Waals surface area contributed by atoms with Crippen LogP contribution >= 0.6 is 0 Å². The summed E-state index contributed by atoms with van der Waals surface area (Å²) in [4.78, 5) is 19.8. The zero-order chi connectivity index (χ0) is 7.98. The van der Waals surface area contributed by atoms with Crippen LogP contribution in [0.25, 0.3) is 0 Å². The van der Waals surface area contributed by atoms with Gasteiger partial charge in [0.2, 0.25) is 0 Å². The molecule has 0 aromatic heterocycles. The second-order valence-corrected chi connectivity index (χ2v) is 1.99. The van der Waals surface area contributed by atoms with Crippen molar-refractivity contribution >= 4 is 30.8 Å². The summed E-state index contributed by atoms with van der Waals surface area (Å²) in [7, 11) is 0. The third-order valence-electron chi connectivity index (χ3n) is 1.03. The van der Waals surface area contributed by atoms with Crippen molar-refractivity contribution in [3.8, 4) is 0 Å². The molecular weight excluding hydrogens is 143 g/mol. The molecule has 0 aliphatic carbocycles. The van der Waals surface area contributed by atoms with E-state index in [-0.39, 0.29) is 31.7 Å². The molecule has 5 heteroatoms. The molecule has 0 bridgehead atoms. The summed E-state index contributed by atoms with van der Waals surface area (Å²) in [5.41, 5.74) is 0. The van der Waals surface area contributed by atoms with E-state index in [9.17, 15) is 9.59 Å². The average Bonchev–Trinajstić information content (AvgIpc) is 1.79. The predicted octanol–water partition coefficient (Wildman–Crippen LogP) is 0.0675. The van der Waals surface area contributed by atoms with Crippen molar-refractivity contribution < 1.29 is 19.8 Å². The maximum atomic E-state index is 9.90. The van der Waals surface area contributed by atoms with Gasteiger partial charge in [-0.15, -0.1) is 0 Å². The Balaban J connectivity index is 0. The van der Waals surface area contributed by atoms with E-state index in [0.717, 1.165) is 0 Å². The van der Waals surface area contributed by atoms with Crippen LogP contribution in [0.2, 0.25) is 0 Å². The van der Waals surface area contributed by atoms with Crippen LogP contribution in [0.1, 0.15) is 25.7 Å². The van der Waals surface area contributed by atoms with Crippen molar-refractivity contribution in [2.24, 2.45) is 0 Å². The molecule has 60 valence electrons. The molecule has 0 rings (SSSR count). The summed E-state index contributed by atoms with van der Waals surface area (Å²) in [5.74, 6) is -1.74. The van der Waals surface area contributed by atoms with E-state index in [1.54, 1.807) is 0 Å². The summed E-state index contributed by atoms with van der Waals surface area (Å²) in [6.07, 6.45) is 1.02. The van der Waals surface area contributed by atoms with Gasteiger partial charge in [-0.1, -0.05) is 0 Å². The van der Waals surface area contributed by atoms with Gasteiger partial charge in [0.1, 0.15) is 0 Å². The van der Waals surface area contributed by atoms with Crippen molar-refractivity contribution in [1.29, 1.82) is 0 Å². The molecule has 4 nitrogen and oxygen atoms in total. The fourth-order valence-electron chi connectivity index (χ4n) is 0.552. The van der Waals surface area contributed by atoms with Crippen molar-refractivity contribution in [1.82, 2.24) is 0 Å². The Morgan fingerprint density at radius 1 is 0.909 bits per heavy atom. The normalized spacial score (nSPS) is 8.36. The molecule has 0 heterocycles. The molecule has 0 aromatic carbocycles. The van der Waals surface area contributed by atoms with E-state index in [1.165, 1.54) is 0 Å². The first-order chi connectivity index (χ1) is 4.63. The van der Waals surface area contributed by atoms with E-state index >= 15 is 0 Å². The standard InChI is InChI=1S/C6H10O4.Li.H/c7-5(8)3-1-2-4-6(9)10;;/h1-4H2,(H,7,8)(H,9,10);;. The molecule has 0 spiro atoms. The first-order valence-electron chi connectivity index (χ1n) is 3.06.